The third-order valence-electron chi connectivity index (χ3n) is 6.53. The number of amides is 2. The quantitative estimate of drug-likeness (QED) is 0.410. The molecule has 0 atom stereocenters. The van der Waals surface area contributed by atoms with E-state index in [0.29, 0.717) is 48.6 Å². The van der Waals surface area contributed by atoms with Gasteiger partial charge < -0.3 is 24.6 Å². The number of nitrogens with one attached hydrogen (secondary N) is 2. The fraction of sp³-hybridized carbons (Fsp3) is 0.357. The van der Waals surface area contributed by atoms with Crippen LogP contribution in [0.1, 0.15) is 39.0 Å². The second-order valence-corrected chi connectivity index (χ2v) is 8.88. The van der Waals surface area contributed by atoms with Crippen molar-refractivity contribution in [1.29, 1.82) is 5.41 Å². The lowest BCUT2D eigenvalue weighted by Crippen LogP contribution is -2.42. The zero-order valence-electron chi connectivity index (χ0n) is 21.2. The van der Waals surface area contributed by atoms with E-state index >= 15 is 0 Å². The zero-order valence-corrected chi connectivity index (χ0v) is 21.2. The topological polar surface area (TPSA) is 112 Å². The molecule has 1 fully saturated rings. The van der Waals surface area contributed by atoms with Gasteiger partial charge in [-0.15, -0.1) is 0 Å². The fourth-order valence-corrected chi connectivity index (χ4v) is 4.55. The van der Waals surface area contributed by atoms with Crippen molar-refractivity contribution in [3.8, 4) is 5.75 Å². The predicted octanol–water partition coefficient (Wildman–Crippen LogP) is 4.29. The Bertz CT molecular complexity index is 1200. The Hall–Kier alpha value is -4.14. The highest BCUT2D eigenvalue weighted by atomic mass is 16.5. The molecule has 0 bridgehead atoms. The van der Waals surface area contributed by atoms with E-state index in [2.05, 4.69) is 5.32 Å². The highest BCUT2D eigenvalue weighted by Gasteiger charge is 2.33. The first-order valence-corrected chi connectivity index (χ1v) is 12.6. The van der Waals surface area contributed by atoms with Crippen LogP contribution in [0.2, 0.25) is 0 Å². The normalized spacial score (nSPS) is 16.4. The van der Waals surface area contributed by atoms with E-state index in [1.54, 1.807) is 43.2 Å². The minimum atomic E-state index is -0.765. The van der Waals surface area contributed by atoms with E-state index in [-0.39, 0.29) is 29.8 Å². The number of nitrogens with zero attached hydrogens (tertiary/aromatic N) is 2. The molecule has 2 N–H and O–H groups in total. The lowest BCUT2D eigenvalue weighted by atomic mass is 9.98. The first-order valence-electron chi connectivity index (χ1n) is 12.6. The molecule has 2 aliphatic rings. The van der Waals surface area contributed by atoms with E-state index in [1.807, 2.05) is 29.2 Å². The smallest absolute Gasteiger partial charge is 0.356 e. The standard InChI is InChI=1S/C28H32N4O5/c1-3-37-28(35)25(29)23-16-18-32(27(34)26(23)30-19-8-14-22(36-2)15-9-19)21-12-10-20(11-13-21)31-17-6-4-5-7-24(31)33/h8-15,29-30H,3-7,16-18H2,1-2H3. The average molecular weight is 505 g/mol. The molecule has 4 rings (SSSR count). The van der Waals surface area contributed by atoms with Crippen molar-refractivity contribution < 1.29 is 23.9 Å². The van der Waals surface area contributed by atoms with Gasteiger partial charge in [-0.05, 0) is 74.7 Å². The Balaban J connectivity index is 1.62. The van der Waals surface area contributed by atoms with Crippen LogP contribution in [0.25, 0.3) is 0 Å². The molecule has 37 heavy (non-hydrogen) atoms. The molecule has 2 heterocycles. The number of hydrogen-bond acceptors (Lipinski definition) is 7. The van der Waals surface area contributed by atoms with Crippen molar-refractivity contribution in [2.24, 2.45) is 0 Å². The summed E-state index contributed by atoms with van der Waals surface area (Å²) in [6.07, 6.45) is 3.77. The molecule has 0 aliphatic carbocycles. The molecule has 0 unspecified atom stereocenters. The number of benzene rings is 2. The lowest BCUT2D eigenvalue weighted by Gasteiger charge is -2.31. The summed E-state index contributed by atoms with van der Waals surface area (Å²) in [6, 6.07) is 14.4. The van der Waals surface area contributed by atoms with E-state index in [1.165, 1.54) is 0 Å². The Labute approximate surface area is 216 Å². The zero-order chi connectivity index (χ0) is 26.4. The van der Waals surface area contributed by atoms with Gasteiger partial charge in [-0.25, -0.2) is 4.79 Å². The van der Waals surface area contributed by atoms with Crippen LogP contribution < -0.4 is 19.9 Å². The van der Waals surface area contributed by atoms with Gasteiger partial charge in [0, 0.05) is 42.1 Å². The van der Waals surface area contributed by atoms with Gasteiger partial charge in [-0.3, -0.25) is 15.0 Å². The number of ether oxygens (including phenoxy) is 2. The van der Waals surface area contributed by atoms with Gasteiger partial charge in [0.15, 0.2) is 0 Å². The van der Waals surface area contributed by atoms with Gasteiger partial charge in [0.25, 0.3) is 5.91 Å². The molecule has 9 heteroatoms. The summed E-state index contributed by atoms with van der Waals surface area (Å²) >= 11 is 0. The minimum Gasteiger partial charge on any atom is -0.497 e. The maximum absolute atomic E-state index is 13.7. The van der Waals surface area contributed by atoms with Crippen LogP contribution in [0.15, 0.2) is 59.8 Å². The van der Waals surface area contributed by atoms with Gasteiger partial charge in [0.1, 0.15) is 17.2 Å². The molecule has 9 nitrogen and oxygen atoms in total. The highest BCUT2D eigenvalue weighted by molar-refractivity contribution is 6.43. The summed E-state index contributed by atoms with van der Waals surface area (Å²) in [7, 11) is 1.57. The van der Waals surface area contributed by atoms with Crippen LogP contribution in [0.3, 0.4) is 0 Å². The first kappa shape index (κ1) is 25.9. The number of hydrogen-bond donors (Lipinski definition) is 2. The molecule has 194 valence electrons. The van der Waals surface area contributed by atoms with Crippen LogP contribution in [0.4, 0.5) is 17.1 Å². The highest BCUT2D eigenvalue weighted by Crippen LogP contribution is 2.30. The molecule has 2 aromatic rings. The fourth-order valence-electron chi connectivity index (χ4n) is 4.55. The maximum atomic E-state index is 13.7. The molecule has 0 saturated carbocycles. The summed E-state index contributed by atoms with van der Waals surface area (Å²) in [5.74, 6) is -0.335. The Morgan fingerprint density at radius 3 is 2.24 bits per heavy atom. The third-order valence-corrected chi connectivity index (χ3v) is 6.53. The van der Waals surface area contributed by atoms with Crippen molar-refractivity contribution in [3.63, 3.8) is 0 Å². The SMILES string of the molecule is CCOC(=O)C(=N)C1=C(Nc2ccc(OC)cc2)C(=O)N(c2ccc(N3CCCCCC3=O)cc2)CC1. The summed E-state index contributed by atoms with van der Waals surface area (Å²) in [5.41, 5.74) is 2.24. The van der Waals surface area contributed by atoms with Gasteiger partial charge in [-0.1, -0.05) is 6.42 Å². The number of esters is 1. The Morgan fingerprint density at radius 1 is 0.919 bits per heavy atom. The third kappa shape index (κ3) is 5.82. The largest absolute Gasteiger partial charge is 0.497 e. The second kappa shape index (κ2) is 11.7. The number of rotatable bonds is 8. The molecule has 2 amide bonds. The van der Waals surface area contributed by atoms with Crippen LogP contribution in [-0.4, -0.2) is 50.3 Å². The Morgan fingerprint density at radius 2 is 1.59 bits per heavy atom. The molecular formula is C28H32N4O5. The first-order chi connectivity index (χ1) is 17.9. The molecule has 2 aliphatic heterocycles. The number of anilines is 3. The summed E-state index contributed by atoms with van der Waals surface area (Å²) < 4.78 is 10.2. The van der Waals surface area contributed by atoms with Crippen molar-refractivity contribution in [1.82, 2.24) is 0 Å². The van der Waals surface area contributed by atoms with Gasteiger partial charge in [0.05, 0.1) is 13.7 Å². The van der Waals surface area contributed by atoms with E-state index in [4.69, 9.17) is 14.9 Å². The Kier molecular flexibility index (Phi) is 8.22. The molecule has 1 saturated heterocycles. The second-order valence-electron chi connectivity index (χ2n) is 8.88. The number of carbonyl (C=O) groups is 3. The van der Waals surface area contributed by atoms with Crippen LogP contribution in [-0.2, 0) is 19.1 Å². The van der Waals surface area contributed by atoms with Crippen LogP contribution in [0.5, 0.6) is 5.75 Å². The molecule has 0 aromatic heterocycles. The monoisotopic (exact) mass is 504 g/mol. The lowest BCUT2D eigenvalue weighted by molar-refractivity contribution is -0.135. The molecule has 0 spiro atoms. The van der Waals surface area contributed by atoms with E-state index < -0.39 is 5.97 Å². The van der Waals surface area contributed by atoms with E-state index in [0.717, 1.165) is 24.9 Å². The van der Waals surface area contributed by atoms with Crippen LogP contribution in [0, 0.1) is 5.41 Å². The van der Waals surface area contributed by atoms with Crippen molar-refractivity contribution in [2.45, 2.75) is 39.0 Å². The minimum absolute atomic E-state index is 0.121. The molecule has 0 radical (unpaired) electrons. The molecular weight excluding hydrogens is 472 g/mol. The summed E-state index contributed by atoms with van der Waals surface area (Å²) in [5, 5.41) is 11.5. The van der Waals surface area contributed by atoms with Gasteiger partial charge in [0.2, 0.25) is 5.91 Å². The number of methoxy groups -OCH3 is 1. The maximum Gasteiger partial charge on any atom is 0.356 e. The summed E-state index contributed by atoms with van der Waals surface area (Å²) in [6.45, 7) is 2.80. The van der Waals surface area contributed by atoms with Crippen LogP contribution >= 0.6 is 0 Å². The molecule has 2 aromatic carbocycles. The predicted molar refractivity (Wildman–Crippen MR) is 142 cm³/mol. The van der Waals surface area contributed by atoms with Crippen molar-refractivity contribution in [3.05, 3.63) is 59.8 Å². The van der Waals surface area contributed by atoms with Crippen molar-refractivity contribution in [2.75, 3.05) is 41.9 Å². The van der Waals surface area contributed by atoms with Crippen molar-refractivity contribution >= 4 is 40.6 Å². The van der Waals surface area contributed by atoms with E-state index in [9.17, 15) is 14.4 Å². The van der Waals surface area contributed by atoms with Gasteiger partial charge >= 0.3 is 5.97 Å². The summed E-state index contributed by atoms with van der Waals surface area (Å²) in [4.78, 5) is 42.0. The van der Waals surface area contributed by atoms with Gasteiger partial charge in [-0.2, -0.15) is 0 Å². The average Bonchev–Trinajstić information content (AvgIpc) is 3.14. The number of carbonyl (C=O) groups excluding carboxylic acids is 3.